The Morgan fingerprint density at radius 3 is 2.83 bits per heavy atom. The molecule has 0 aromatic carbocycles. The normalized spacial score (nSPS) is 10.4. The van der Waals surface area contributed by atoms with Gasteiger partial charge in [-0.25, -0.2) is 4.98 Å². The van der Waals surface area contributed by atoms with Crippen LogP contribution in [0, 0.1) is 5.92 Å². The van der Waals surface area contributed by atoms with Crippen LogP contribution in [-0.2, 0) is 0 Å². The number of nitrogens with one attached hydrogen (secondary N) is 2. The Morgan fingerprint density at radius 2 is 2.28 bits per heavy atom. The van der Waals surface area contributed by atoms with Gasteiger partial charge in [0.05, 0.1) is 6.54 Å². The third-order valence-corrected chi connectivity index (χ3v) is 3.12. The van der Waals surface area contributed by atoms with Crippen LogP contribution < -0.4 is 16.4 Å². The van der Waals surface area contributed by atoms with Crippen molar-refractivity contribution in [3.05, 3.63) is 16.5 Å². The number of nitrogens with two attached hydrogens (primary N) is 1. The van der Waals surface area contributed by atoms with Crippen molar-refractivity contribution in [3.8, 4) is 0 Å². The number of aromatic nitrogens is 1. The zero-order chi connectivity index (χ0) is 13.7. The number of carbonyl (C=O) groups is 1. The van der Waals surface area contributed by atoms with Gasteiger partial charge in [-0.05, 0) is 5.92 Å². The van der Waals surface area contributed by atoms with Crippen molar-refractivity contribution in [1.29, 1.82) is 0 Å². The summed E-state index contributed by atoms with van der Waals surface area (Å²) >= 11 is 6.80. The molecule has 0 aliphatic rings. The molecule has 7 heteroatoms. The summed E-state index contributed by atoms with van der Waals surface area (Å²) < 4.78 is 0. The highest BCUT2D eigenvalue weighted by molar-refractivity contribution is 7.18. The molecule has 4 N–H and O–H groups in total. The van der Waals surface area contributed by atoms with Crippen LogP contribution in [0.25, 0.3) is 0 Å². The number of amides is 1. The van der Waals surface area contributed by atoms with E-state index < -0.39 is 0 Å². The van der Waals surface area contributed by atoms with Crippen LogP contribution in [0.2, 0.25) is 0 Å². The molecule has 1 aromatic rings. The number of thiazole rings is 1. The highest BCUT2D eigenvalue weighted by Gasteiger charge is 2.15. The van der Waals surface area contributed by atoms with Crippen molar-refractivity contribution in [3.63, 3.8) is 0 Å². The molecular weight excluding hydrogens is 272 g/mol. The van der Waals surface area contributed by atoms with Crippen molar-refractivity contribution < 1.29 is 4.79 Å². The van der Waals surface area contributed by atoms with E-state index in [1.165, 1.54) is 11.3 Å². The predicted molar refractivity (Wildman–Crippen MR) is 77.2 cm³/mol. The van der Waals surface area contributed by atoms with E-state index in [9.17, 15) is 4.79 Å². The zero-order valence-electron chi connectivity index (χ0n) is 10.4. The summed E-state index contributed by atoms with van der Waals surface area (Å²) in [6, 6.07) is 0. The molecule has 0 bridgehead atoms. The molecule has 5 nitrogen and oxygen atoms in total. The van der Waals surface area contributed by atoms with Crippen LogP contribution in [0.15, 0.2) is 11.6 Å². The Labute approximate surface area is 115 Å². The Kier molecular flexibility index (Phi) is 5.43. The molecule has 0 fully saturated rings. The van der Waals surface area contributed by atoms with Crippen molar-refractivity contribution in [1.82, 2.24) is 10.3 Å². The van der Waals surface area contributed by atoms with Crippen LogP contribution in [0.5, 0.6) is 0 Å². The second kappa shape index (κ2) is 6.61. The summed E-state index contributed by atoms with van der Waals surface area (Å²) in [5.41, 5.74) is 5.70. The number of hydrogen-bond acceptors (Lipinski definition) is 5. The monoisotopic (exact) mass is 288 g/mol. The standard InChI is InChI=1S/C11H17ClN4OS/c1-6(2)4-15-11-16-9(13)8(18-11)10(17)14-5-7(3)12/h6H,3-5,13H2,1-2H3,(H,14,17)(H,15,16). The molecule has 0 radical (unpaired) electrons. The van der Waals surface area contributed by atoms with Crippen LogP contribution >= 0.6 is 22.9 Å². The molecule has 1 amide bonds. The molecule has 1 rings (SSSR count). The van der Waals surface area contributed by atoms with E-state index in [4.69, 9.17) is 17.3 Å². The molecule has 0 aliphatic carbocycles. The van der Waals surface area contributed by atoms with Gasteiger partial charge < -0.3 is 16.4 Å². The van der Waals surface area contributed by atoms with E-state index >= 15 is 0 Å². The summed E-state index contributed by atoms with van der Waals surface area (Å²) in [5.74, 6) is 0.431. The lowest BCUT2D eigenvalue weighted by Gasteiger charge is -2.04. The summed E-state index contributed by atoms with van der Waals surface area (Å²) in [5, 5.41) is 6.75. The van der Waals surface area contributed by atoms with Gasteiger partial charge in [0.15, 0.2) is 5.13 Å². The fourth-order valence-corrected chi connectivity index (χ4v) is 1.99. The molecule has 0 unspecified atom stereocenters. The number of nitrogen functional groups attached to an aromatic ring is 1. The van der Waals surface area contributed by atoms with Gasteiger partial charge >= 0.3 is 0 Å². The quantitative estimate of drug-likeness (QED) is 0.750. The molecule has 1 heterocycles. The summed E-state index contributed by atoms with van der Waals surface area (Å²) in [7, 11) is 0. The first kappa shape index (κ1) is 14.8. The molecule has 0 spiro atoms. The van der Waals surface area contributed by atoms with Crippen LogP contribution in [0.3, 0.4) is 0 Å². The number of carbonyl (C=O) groups excluding carboxylic acids is 1. The molecule has 0 aliphatic heterocycles. The number of hydrogen-bond donors (Lipinski definition) is 3. The highest BCUT2D eigenvalue weighted by Crippen LogP contribution is 2.24. The fourth-order valence-electron chi connectivity index (χ4n) is 1.12. The number of nitrogens with zero attached hydrogens (tertiary/aromatic N) is 1. The predicted octanol–water partition coefficient (Wildman–Crippen LogP) is 2.28. The van der Waals surface area contributed by atoms with Crippen molar-refractivity contribution >= 4 is 39.8 Å². The Bertz CT molecular complexity index is 444. The minimum absolute atomic E-state index is 0.215. The van der Waals surface area contributed by atoms with Gasteiger partial charge in [-0.15, -0.1) is 0 Å². The lowest BCUT2D eigenvalue weighted by atomic mass is 10.2. The van der Waals surface area contributed by atoms with Gasteiger partial charge in [-0.2, -0.15) is 0 Å². The Balaban J connectivity index is 2.65. The number of rotatable bonds is 6. The van der Waals surface area contributed by atoms with Crippen molar-refractivity contribution in [2.24, 2.45) is 5.92 Å². The lowest BCUT2D eigenvalue weighted by molar-refractivity contribution is 0.0962. The first-order chi connectivity index (χ1) is 8.40. The molecule has 0 saturated carbocycles. The van der Waals surface area contributed by atoms with Gasteiger partial charge in [0.2, 0.25) is 0 Å². The molecule has 0 saturated heterocycles. The molecule has 1 aromatic heterocycles. The third kappa shape index (κ3) is 4.54. The van der Waals surface area contributed by atoms with Gasteiger partial charge in [0.1, 0.15) is 10.7 Å². The minimum Gasteiger partial charge on any atom is -0.382 e. The van der Waals surface area contributed by atoms with Gasteiger partial charge in [-0.1, -0.05) is 43.4 Å². The summed E-state index contributed by atoms with van der Waals surface area (Å²) in [6.45, 7) is 8.67. The Hall–Kier alpha value is -1.27. The second-order valence-corrected chi connectivity index (χ2v) is 5.74. The van der Waals surface area contributed by atoms with Crippen molar-refractivity contribution in [2.45, 2.75) is 13.8 Å². The van der Waals surface area contributed by atoms with Gasteiger partial charge in [0, 0.05) is 11.6 Å². The largest absolute Gasteiger partial charge is 0.382 e. The van der Waals surface area contributed by atoms with Crippen LogP contribution in [-0.4, -0.2) is 24.0 Å². The highest BCUT2D eigenvalue weighted by atomic mass is 35.5. The first-order valence-corrected chi connectivity index (χ1v) is 6.71. The second-order valence-electron chi connectivity index (χ2n) is 4.21. The van der Waals surface area contributed by atoms with E-state index in [-0.39, 0.29) is 18.3 Å². The van der Waals surface area contributed by atoms with Gasteiger partial charge in [0.25, 0.3) is 5.91 Å². The lowest BCUT2D eigenvalue weighted by Crippen LogP contribution is -2.24. The van der Waals surface area contributed by atoms with E-state index in [0.29, 0.717) is 21.0 Å². The Morgan fingerprint density at radius 1 is 1.61 bits per heavy atom. The molecule has 18 heavy (non-hydrogen) atoms. The van der Waals surface area contributed by atoms with E-state index in [2.05, 4.69) is 36.0 Å². The average Bonchev–Trinajstić information content (AvgIpc) is 2.64. The molecular formula is C11H17ClN4OS. The average molecular weight is 289 g/mol. The van der Waals surface area contributed by atoms with Crippen LogP contribution in [0.1, 0.15) is 23.5 Å². The maximum absolute atomic E-state index is 11.8. The van der Waals surface area contributed by atoms with E-state index in [0.717, 1.165) is 6.54 Å². The molecule has 0 atom stereocenters. The van der Waals surface area contributed by atoms with Gasteiger partial charge in [-0.3, -0.25) is 4.79 Å². The smallest absolute Gasteiger partial charge is 0.265 e. The SMILES string of the molecule is C=C(Cl)CNC(=O)c1sc(NCC(C)C)nc1N. The summed E-state index contributed by atoms with van der Waals surface area (Å²) in [6.07, 6.45) is 0. The fraction of sp³-hybridized carbons (Fsp3) is 0.455. The number of halogens is 1. The first-order valence-electron chi connectivity index (χ1n) is 5.51. The van der Waals surface area contributed by atoms with E-state index in [1.807, 2.05) is 0 Å². The topological polar surface area (TPSA) is 80.0 Å². The maximum Gasteiger partial charge on any atom is 0.265 e. The van der Waals surface area contributed by atoms with Crippen molar-refractivity contribution in [2.75, 3.05) is 24.1 Å². The number of anilines is 2. The third-order valence-electron chi connectivity index (χ3n) is 1.96. The van der Waals surface area contributed by atoms with E-state index in [1.54, 1.807) is 0 Å². The van der Waals surface area contributed by atoms with Crippen LogP contribution in [0.4, 0.5) is 10.9 Å². The molecule has 100 valence electrons. The summed E-state index contributed by atoms with van der Waals surface area (Å²) in [4.78, 5) is 16.3. The minimum atomic E-state index is -0.288. The zero-order valence-corrected chi connectivity index (χ0v) is 12.0. The maximum atomic E-state index is 11.8.